The van der Waals surface area contributed by atoms with Crippen LogP contribution in [0.2, 0.25) is 0 Å². The summed E-state index contributed by atoms with van der Waals surface area (Å²) < 4.78 is 0. The molecule has 23 heteroatoms. The van der Waals surface area contributed by atoms with Crippen molar-refractivity contribution in [1.82, 2.24) is 19.9 Å². The molecule has 0 saturated heterocycles. The van der Waals surface area contributed by atoms with Crippen LogP contribution in [-0.2, 0) is 52.5 Å². The molecule has 0 unspecified atom stereocenters. The van der Waals surface area contributed by atoms with Gasteiger partial charge in [0.25, 0.3) is 0 Å². The Bertz CT molecular complexity index is 1270. The van der Waals surface area contributed by atoms with E-state index in [1.165, 1.54) is 0 Å². The van der Waals surface area contributed by atoms with Gasteiger partial charge in [0, 0.05) is 23.8 Å². The van der Waals surface area contributed by atoms with Gasteiger partial charge in [-0.1, -0.05) is 24.3 Å². The minimum absolute atomic E-state index is 0. The molecule has 240 valence electrons. The van der Waals surface area contributed by atoms with Crippen molar-refractivity contribution in [3.8, 4) is 22.8 Å². The third-order valence-electron chi connectivity index (χ3n) is 4.11. The van der Waals surface area contributed by atoms with E-state index >= 15 is 0 Å². The Morgan fingerprint density at radius 2 is 0.711 bits per heavy atom. The van der Waals surface area contributed by atoms with Crippen molar-refractivity contribution in [3.05, 3.63) is 158 Å². The van der Waals surface area contributed by atoms with Crippen molar-refractivity contribution in [2.75, 3.05) is 0 Å². The number of nitrogens with zero attached hydrogens (tertiary/aromatic N) is 8. The summed E-state index contributed by atoms with van der Waals surface area (Å²) in [6, 6.07) is 23.9. The van der Waals surface area contributed by atoms with Crippen molar-refractivity contribution >= 4 is 0 Å². The summed E-state index contributed by atoms with van der Waals surface area (Å²) in [4.78, 5) is 51.2. The first kappa shape index (κ1) is 46.4. The molecule has 0 bridgehead atoms. The molecule has 0 spiro atoms. The van der Waals surface area contributed by atoms with E-state index in [4.69, 9.17) is 71.3 Å². The van der Waals surface area contributed by atoms with Crippen LogP contribution in [0.15, 0.2) is 85.2 Å². The fourth-order valence-corrected chi connectivity index (χ4v) is 2.81. The molecule has 4 aromatic rings. The molecule has 4 rings (SSSR count). The molecular formula is C22H18Fe2N8O13. The predicted molar refractivity (Wildman–Crippen MR) is 144 cm³/mol. The maximum absolute atomic E-state index is 8.25. The Morgan fingerprint density at radius 1 is 0.444 bits per heavy atom. The second-order valence-corrected chi connectivity index (χ2v) is 6.85. The van der Waals surface area contributed by atoms with E-state index in [2.05, 4.69) is 22.1 Å². The van der Waals surface area contributed by atoms with Crippen LogP contribution < -0.4 is 0 Å². The first-order valence-electron chi connectivity index (χ1n) is 10.8. The maximum atomic E-state index is 8.25. The Morgan fingerprint density at radius 3 is 0.956 bits per heavy atom. The van der Waals surface area contributed by atoms with Gasteiger partial charge >= 0.3 is 34.1 Å². The van der Waals surface area contributed by atoms with Gasteiger partial charge in [-0.05, 0) is 61.4 Å². The zero-order valence-corrected chi connectivity index (χ0v) is 24.3. The van der Waals surface area contributed by atoms with Gasteiger partial charge in [-0.15, -0.1) is 0 Å². The topological polar surface area (TPSA) is 345 Å². The van der Waals surface area contributed by atoms with E-state index in [0.29, 0.717) is 0 Å². The Labute approximate surface area is 273 Å². The molecule has 4 aromatic heterocycles. The molecule has 0 aliphatic heterocycles. The normalized spacial score (nSPS) is 8.27. The molecule has 2 radical (unpaired) electrons. The van der Waals surface area contributed by atoms with Crippen LogP contribution >= 0.6 is 0 Å². The van der Waals surface area contributed by atoms with Crippen LogP contribution in [0.3, 0.4) is 0 Å². The van der Waals surface area contributed by atoms with Gasteiger partial charge in [-0.2, -0.15) is 0 Å². The molecule has 0 aromatic carbocycles. The second kappa shape index (κ2) is 27.2. The second-order valence-electron chi connectivity index (χ2n) is 6.85. The molecule has 45 heavy (non-hydrogen) atoms. The zero-order chi connectivity index (χ0) is 31.9. The van der Waals surface area contributed by atoms with Crippen LogP contribution in [0.25, 0.3) is 22.8 Å². The zero-order valence-electron chi connectivity index (χ0n) is 22.1. The van der Waals surface area contributed by atoms with Crippen LogP contribution in [0.5, 0.6) is 0 Å². The van der Waals surface area contributed by atoms with E-state index in [1.54, 1.807) is 12.4 Å². The molecule has 0 aliphatic carbocycles. The number of pyridine rings is 4. The summed E-state index contributed by atoms with van der Waals surface area (Å²) >= 11 is 0. The van der Waals surface area contributed by atoms with Crippen LogP contribution in [0, 0.1) is 61.3 Å². The van der Waals surface area contributed by atoms with Crippen molar-refractivity contribution < 1.29 is 60.0 Å². The van der Waals surface area contributed by atoms with Crippen LogP contribution in [0.4, 0.5) is 0 Å². The predicted octanol–water partition coefficient (Wildman–Crippen LogP) is 3.31. The van der Waals surface area contributed by atoms with Gasteiger partial charge in [0.15, 0.2) is 0 Å². The van der Waals surface area contributed by atoms with Gasteiger partial charge in [0.05, 0.1) is 43.1 Å². The van der Waals surface area contributed by atoms with E-state index in [0.717, 1.165) is 47.0 Å². The summed E-state index contributed by atoms with van der Waals surface area (Å²) in [6.45, 7) is 0. The quantitative estimate of drug-likeness (QED) is 0.162. The molecule has 0 saturated carbocycles. The number of hydrogen-bond donors (Lipinski definition) is 0. The van der Waals surface area contributed by atoms with E-state index in [9.17, 15) is 0 Å². The summed E-state index contributed by atoms with van der Waals surface area (Å²) in [5, 5.41) is 59.0. The molecule has 0 N–H and O–H groups in total. The largest absolute Gasteiger partial charge is 3.00 e. The van der Waals surface area contributed by atoms with E-state index in [-0.39, 0.29) is 39.6 Å². The van der Waals surface area contributed by atoms with Crippen LogP contribution in [0.1, 0.15) is 11.4 Å². The molecule has 0 atom stereocenters. The first-order valence-corrected chi connectivity index (χ1v) is 10.8. The Hall–Kier alpha value is -5.60. The smallest absolute Gasteiger partial charge is 2.00 e. The minimum Gasteiger partial charge on any atom is -2.00 e. The van der Waals surface area contributed by atoms with Gasteiger partial charge in [-0.3, -0.25) is 19.9 Å². The summed E-state index contributed by atoms with van der Waals surface area (Å²) in [6.07, 6.45) is 5.24. The number of rotatable bonds is 5. The minimum atomic E-state index is -1.75. The molecule has 0 amide bonds. The van der Waals surface area contributed by atoms with E-state index < -0.39 is 20.3 Å². The van der Waals surface area contributed by atoms with Crippen molar-refractivity contribution in [1.29, 1.82) is 0 Å². The van der Waals surface area contributed by atoms with Gasteiger partial charge in [0.1, 0.15) is 0 Å². The number of aryl methyl sites for hydroxylation is 2. The van der Waals surface area contributed by atoms with Gasteiger partial charge < -0.3 is 66.8 Å². The first-order chi connectivity index (χ1) is 19.8. The molecular weight excluding hydrogens is 696 g/mol. The fourth-order valence-electron chi connectivity index (χ4n) is 2.81. The van der Waals surface area contributed by atoms with E-state index in [1.807, 2.05) is 60.7 Å². The third-order valence-corrected chi connectivity index (χ3v) is 4.11. The standard InChI is InChI=1S/C22H18N4.2Fe.4NO3.O/c1-3-15-23-19(9-1)21-11-5-7-17(25-21)13-14-18-8-6-12-22(26-18)20-10-2-4-16-24-20;;;4*2-1(3)4;/h1-12,15-16H,13-14H2;;;;;;;/q;2*+3;4*-1;-2. The number of aromatic nitrogens is 4. The average molecular weight is 714 g/mol. The van der Waals surface area contributed by atoms with Crippen molar-refractivity contribution in [2.24, 2.45) is 0 Å². The Kier molecular flexibility index (Phi) is 28.1. The maximum Gasteiger partial charge on any atom is 3.00 e. The summed E-state index contributed by atoms with van der Waals surface area (Å²) in [5.41, 5.74) is 5.67. The third kappa shape index (κ3) is 27.0. The summed E-state index contributed by atoms with van der Waals surface area (Å²) in [7, 11) is 0. The van der Waals surface area contributed by atoms with Crippen molar-refractivity contribution in [3.63, 3.8) is 0 Å². The Balaban J connectivity index is -0.000000373. The molecule has 21 nitrogen and oxygen atoms in total. The van der Waals surface area contributed by atoms with Gasteiger partial charge in [-0.25, -0.2) is 0 Å². The molecule has 4 heterocycles. The van der Waals surface area contributed by atoms with Crippen molar-refractivity contribution in [2.45, 2.75) is 12.8 Å². The molecule has 0 aliphatic rings. The summed E-state index contributed by atoms with van der Waals surface area (Å²) in [5.74, 6) is 0. The fraction of sp³-hybridized carbons (Fsp3) is 0.0909. The number of hydrogen-bond acceptors (Lipinski definition) is 16. The van der Waals surface area contributed by atoms with Gasteiger partial charge in [0.2, 0.25) is 0 Å². The average Bonchev–Trinajstić information content (AvgIpc) is 2.92. The van der Waals surface area contributed by atoms with Crippen LogP contribution in [-0.4, -0.2) is 40.3 Å². The monoisotopic (exact) mass is 714 g/mol. The molecule has 0 fully saturated rings. The SMILES string of the molecule is O=[N+]([O-])[O-].O=[N+]([O-])[O-].O=[N+]([O-])[O-].O=[N+]([O-])[O-].[Fe+3].[Fe+3].[O-2].c1ccc(-c2cccc(CCc3cccc(-c4ccccn4)n3)n2)nc1.